The lowest BCUT2D eigenvalue weighted by Crippen LogP contribution is -2.36. The van der Waals surface area contributed by atoms with Gasteiger partial charge in [0.15, 0.2) is 11.5 Å². The van der Waals surface area contributed by atoms with Gasteiger partial charge < -0.3 is 20.1 Å². The van der Waals surface area contributed by atoms with E-state index in [1.807, 2.05) is 37.3 Å². The first-order valence-corrected chi connectivity index (χ1v) is 7.52. The zero-order chi connectivity index (χ0) is 16.1. The van der Waals surface area contributed by atoms with Crippen LogP contribution < -0.4 is 20.1 Å². The van der Waals surface area contributed by atoms with Crippen LogP contribution in [0.25, 0.3) is 0 Å². The van der Waals surface area contributed by atoms with E-state index in [4.69, 9.17) is 9.47 Å². The van der Waals surface area contributed by atoms with Crippen molar-refractivity contribution in [2.24, 2.45) is 0 Å². The number of carbonyl (C=O) groups is 1. The number of rotatable bonds is 5. The van der Waals surface area contributed by atoms with Gasteiger partial charge in [0.05, 0.1) is 0 Å². The fourth-order valence-electron chi connectivity index (χ4n) is 2.26. The monoisotopic (exact) mass is 313 g/mol. The molecule has 2 N–H and O–H groups in total. The fourth-order valence-corrected chi connectivity index (χ4v) is 2.26. The number of nitrogens with one attached hydrogen (secondary N) is 2. The third kappa shape index (κ3) is 4.12. The molecule has 6 nitrogen and oxygen atoms in total. The molecule has 1 aliphatic rings. The molecule has 0 fully saturated rings. The predicted octanol–water partition coefficient (Wildman–Crippen LogP) is 2.16. The van der Waals surface area contributed by atoms with Gasteiger partial charge in [-0.3, -0.25) is 4.98 Å². The van der Waals surface area contributed by atoms with Crippen molar-refractivity contribution < 1.29 is 14.3 Å². The zero-order valence-corrected chi connectivity index (χ0v) is 13.0. The van der Waals surface area contributed by atoms with Gasteiger partial charge in [0, 0.05) is 25.0 Å². The maximum Gasteiger partial charge on any atom is 0.315 e. The number of hydrogen-bond donors (Lipinski definition) is 2. The third-order valence-electron chi connectivity index (χ3n) is 3.56. The standard InChI is InChI=1S/C17H19N3O3/c1-12-2-3-14(9-19-12)10-20-17(21)18-7-6-13-4-5-15-16(8-13)23-11-22-15/h2-5,8-9H,6-7,10-11H2,1H3,(H2,18,20,21). The maximum atomic E-state index is 11.8. The van der Waals surface area contributed by atoms with E-state index in [1.54, 1.807) is 6.20 Å². The summed E-state index contributed by atoms with van der Waals surface area (Å²) in [5.74, 6) is 1.53. The Morgan fingerprint density at radius 2 is 1.96 bits per heavy atom. The van der Waals surface area contributed by atoms with Crippen LogP contribution in [0.4, 0.5) is 4.79 Å². The van der Waals surface area contributed by atoms with E-state index < -0.39 is 0 Å². The zero-order valence-electron chi connectivity index (χ0n) is 13.0. The van der Waals surface area contributed by atoms with Crippen LogP contribution in [0.15, 0.2) is 36.5 Å². The molecule has 0 atom stereocenters. The summed E-state index contributed by atoms with van der Waals surface area (Å²) in [6.45, 7) is 3.22. The summed E-state index contributed by atoms with van der Waals surface area (Å²) in [6, 6.07) is 9.50. The fraction of sp³-hybridized carbons (Fsp3) is 0.294. The van der Waals surface area contributed by atoms with E-state index in [-0.39, 0.29) is 12.8 Å². The summed E-state index contributed by atoms with van der Waals surface area (Å²) in [6.07, 6.45) is 2.50. The average Bonchev–Trinajstić information content (AvgIpc) is 3.02. The Kier molecular flexibility index (Phi) is 4.61. The average molecular weight is 313 g/mol. The molecule has 6 heteroatoms. The molecule has 1 aliphatic heterocycles. The number of urea groups is 1. The molecule has 2 amide bonds. The number of carbonyl (C=O) groups excluding carboxylic acids is 1. The molecule has 0 saturated carbocycles. The second-order valence-electron chi connectivity index (χ2n) is 5.35. The lowest BCUT2D eigenvalue weighted by molar-refractivity contribution is 0.174. The van der Waals surface area contributed by atoms with E-state index in [9.17, 15) is 4.79 Å². The first kappa shape index (κ1) is 15.1. The lowest BCUT2D eigenvalue weighted by Gasteiger charge is -2.08. The SMILES string of the molecule is Cc1ccc(CNC(=O)NCCc2ccc3c(c2)OCO3)cn1. The molecule has 0 radical (unpaired) electrons. The van der Waals surface area contributed by atoms with E-state index in [1.165, 1.54) is 0 Å². The molecular weight excluding hydrogens is 294 g/mol. The van der Waals surface area contributed by atoms with Crippen LogP contribution in [0.5, 0.6) is 11.5 Å². The minimum Gasteiger partial charge on any atom is -0.454 e. The Hall–Kier alpha value is -2.76. The molecule has 0 saturated heterocycles. The Balaban J connectivity index is 1.40. The van der Waals surface area contributed by atoms with Crippen LogP contribution in [0.3, 0.4) is 0 Å². The third-order valence-corrected chi connectivity index (χ3v) is 3.56. The van der Waals surface area contributed by atoms with Crippen molar-refractivity contribution in [2.45, 2.75) is 19.9 Å². The molecule has 0 unspecified atom stereocenters. The van der Waals surface area contributed by atoms with Crippen molar-refractivity contribution in [3.05, 3.63) is 53.3 Å². The number of nitrogens with zero attached hydrogens (tertiary/aromatic N) is 1. The van der Waals surface area contributed by atoms with Crippen LogP contribution in [-0.2, 0) is 13.0 Å². The predicted molar refractivity (Wildman–Crippen MR) is 85.5 cm³/mol. The molecular formula is C17H19N3O3. The first-order chi connectivity index (χ1) is 11.2. The highest BCUT2D eigenvalue weighted by molar-refractivity contribution is 5.73. The van der Waals surface area contributed by atoms with Crippen molar-refractivity contribution in [3.8, 4) is 11.5 Å². The minimum absolute atomic E-state index is 0.189. The molecule has 23 heavy (non-hydrogen) atoms. The Morgan fingerprint density at radius 1 is 1.13 bits per heavy atom. The van der Waals surface area contributed by atoms with Gasteiger partial charge in [0.2, 0.25) is 6.79 Å². The van der Waals surface area contributed by atoms with Gasteiger partial charge in [-0.1, -0.05) is 12.1 Å². The van der Waals surface area contributed by atoms with Crippen LogP contribution in [-0.4, -0.2) is 24.4 Å². The summed E-state index contributed by atoms with van der Waals surface area (Å²) in [4.78, 5) is 16.0. The summed E-state index contributed by atoms with van der Waals surface area (Å²) >= 11 is 0. The van der Waals surface area contributed by atoms with Crippen LogP contribution in [0.2, 0.25) is 0 Å². The molecule has 2 heterocycles. The number of ether oxygens (including phenoxy) is 2. The maximum absolute atomic E-state index is 11.8. The van der Waals surface area contributed by atoms with Gasteiger partial charge in [-0.15, -0.1) is 0 Å². The molecule has 120 valence electrons. The summed E-state index contributed by atoms with van der Waals surface area (Å²) in [5.41, 5.74) is 3.03. The Labute approximate surface area is 134 Å². The van der Waals surface area contributed by atoms with Crippen molar-refractivity contribution in [1.82, 2.24) is 15.6 Å². The van der Waals surface area contributed by atoms with Crippen LogP contribution in [0.1, 0.15) is 16.8 Å². The second-order valence-corrected chi connectivity index (χ2v) is 5.35. The molecule has 1 aromatic carbocycles. The normalized spacial score (nSPS) is 12.0. The van der Waals surface area contributed by atoms with Gasteiger partial charge in [0.25, 0.3) is 0 Å². The Morgan fingerprint density at radius 3 is 2.78 bits per heavy atom. The molecule has 0 aliphatic carbocycles. The summed E-state index contributed by atoms with van der Waals surface area (Å²) < 4.78 is 10.6. The van der Waals surface area contributed by atoms with Crippen molar-refractivity contribution >= 4 is 6.03 Å². The lowest BCUT2D eigenvalue weighted by atomic mass is 10.1. The first-order valence-electron chi connectivity index (χ1n) is 7.52. The van der Waals surface area contributed by atoms with E-state index >= 15 is 0 Å². The van der Waals surface area contributed by atoms with Crippen LogP contribution >= 0.6 is 0 Å². The van der Waals surface area contributed by atoms with Crippen molar-refractivity contribution in [1.29, 1.82) is 0 Å². The highest BCUT2D eigenvalue weighted by Gasteiger charge is 2.13. The number of aromatic nitrogens is 1. The number of pyridine rings is 1. The number of hydrogen-bond acceptors (Lipinski definition) is 4. The van der Waals surface area contributed by atoms with Gasteiger partial charge in [0.1, 0.15) is 0 Å². The smallest absolute Gasteiger partial charge is 0.315 e. The highest BCUT2D eigenvalue weighted by atomic mass is 16.7. The van der Waals surface area contributed by atoms with Gasteiger partial charge in [-0.25, -0.2) is 4.79 Å². The van der Waals surface area contributed by atoms with E-state index in [0.29, 0.717) is 13.1 Å². The number of benzene rings is 1. The topological polar surface area (TPSA) is 72.5 Å². The van der Waals surface area contributed by atoms with Crippen molar-refractivity contribution in [2.75, 3.05) is 13.3 Å². The molecule has 0 spiro atoms. The van der Waals surface area contributed by atoms with Gasteiger partial charge in [-0.2, -0.15) is 0 Å². The van der Waals surface area contributed by atoms with E-state index in [0.717, 1.165) is 34.7 Å². The largest absolute Gasteiger partial charge is 0.454 e. The van der Waals surface area contributed by atoms with Gasteiger partial charge >= 0.3 is 6.03 Å². The highest BCUT2D eigenvalue weighted by Crippen LogP contribution is 2.32. The summed E-state index contributed by atoms with van der Waals surface area (Å²) in [7, 11) is 0. The molecule has 2 aromatic rings. The van der Waals surface area contributed by atoms with Gasteiger partial charge in [-0.05, 0) is 42.7 Å². The number of amides is 2. The quantitative estimate of drug-likeness (QED) is 0.887. The Bertz CT molecular complexity index is 686. The van der Waals surface area contributed by atoms with Crippen molar-refractivity contribution in [3.63, 3.8) is 0 Å². The minimum atomic E-state index is -0.189. The van der Waals surface area contributed by atoms with E-state index in [2.05, 4.69) is 15.6 Å². The summed E-state index contributed by atoms with van der Waals surface area (Å²) in [5, 5.41) is 5.65. The molecule has 0 bridgehead atoms. The second kappa shape index (κ2) is 7.00. The molecule has 1 aromatic heterocycles. The molecule has 3 rings (SSSR count). The number of fused-ring (bicyclic) bond motifs is 1. The van der Waals surface area contributed by atoms with Crippen LogP contribution in [0, 0.1) is 6.92 Å². The number of aryl methyl sites for hydroxylation is 1.